The van der Waals surface area contributed by atoms with Gasteiger partial charge in [0.15, 0.2) is 0 Å². The molecule has 2 nitrogen and oxygen atoms in total. The zero-order valence-electron chi connectivity index (χ0n) is 15.2. The van der Waals surface area contributed by atoms with Gasteiger partial charge < -0.3 is 0 Å². The molecule has 0 aliphatic carbocycles. The fourth-order valence-electron chi connectivity index (χ4n) is 3.27. The summed E-state index contributed by atoms with van der Waals surface area (Å²) in [5, 5.41) is 0. The van der Waals surface area contributed by atoms with Crippen LogP contribution in [-0.2, 0) is 0 Å². The summed E-state index contributed by atoms with van der Waals surface area (Å²) in [5.41, 5.74) is 5.49. The van der Waals surface area contributed by atoms with Crippen molar-refractivity contribution in [3.8, 4) is 11.1 Å². The molecule has 0 amide bonds. The van der Waals surface area contributed by atoms with Crippen molar-refractivity contribution in [3.63, 3.8) is 0 Å². The number of hydrogen-bond acceptors (Lipinski definition) is 2. The number of benzene rings is 2. The standard InChI is InChI=1S/C23H19FN2.2ClH/c24-22-15-17(10-11-21(22)18-6-2-1-3-7-18)14-19-8-5-13-26-23(19)20-9-4-12-25-16-20;;/h1-4,6-7,9-12,14-16H,5,8,13H2;2*1H/b19-14-;;. The predicted octanol–water partition coefficient (Wildman–Crippen LogP) is 6.40. The molecule has 0 unspecified atom stereocenters. The van der Waals surface area contributed by atoms with Crippen LogP contribution in [-0.4, -0.2) is 17.2 Å². The Morgan fingerprint density at radius 2 is 1.68 bits per heavy atom. The Bertz CT molecular complexity index is 970. The van der Waals surface area contributed by atoms with Gasteiger partial charge in [-0.05, 0) is 53.8 Å². The van der Waals surface area contributed by atoms with Crippen molar-refractivity contribution in [1.29, 1.82) is 0 Å². The van der Waals surface area contributed by atoms with Crippen LogP contribution in [0.25, 0.3) is 17.2 Å². The number of pyridine rings is 1. The molecule has 0 spiro atoms. The van der Waals surface area contributed by atoms with Gasteiger partial charge in [-0.15, -0.1) is 24.8 Å². The van der Waals surface area contributed by atoms with Gasteiger partial charge >= 0.3 is 0 Å². The topological polar surface area (TPSA) is 25.2 Å². The Balaban J connectivity index is 0.00000140. The highest BCUT2D eigenvalue weighted by molar-refractivity contribution is 6.15. The summed E-state index contributed by atoms with van der Waals surface area (Å²) in [7, 11) is 0. The molecule has 0 bridgehead atoms. The predicted molar refractivity (Wildman–Crippen MR) is 119 cm³/mol. The lowest BCUT2D eigenvalue weighted by molar-refractivity contribution is 0.631. The molecule has 1 aliphatic rings. The minimum absolute atomic E-state index is 0. The first-order valence-corrected chi connectivity index (χ1v) is 8.82. The van der Waals surface area contributed by atoms with Gasteiger partial charge in [-0.2, -0.15) is 0 Å². The van der Waals surface area contributed by atoms with E-state index in [0.29, 0.717) is 5.56 Å². The zero-order valence-corrected chi connectivity index (χ0v) is 16.8. The number of allylic oxidation sites excluding steroid dienone is 1. The Morgan fingerprint density at radius 3 is 2.39 bits per heavy atom. The lowest BCUT2D eigenvalue weighted by Gasteiger charge is -2.16. The maximum absolute atomic E-state index is 14.6. The summed E-state index contributed by atoms with van der Waals surface area (Å²) in [6, 6.07) is 19.0. The molecule has 0 atom stereocenters. The molecular formula is C23H21Cl2FN2. The second-order valence-corrected chi connectivity index (χ2v) is 6.35. The molecule has 28 heavy (non-hydrogen) atoms. The normalized spacial score (nSPS) is 14.6. The Morgan fingerprint density at radius 1 is 0.893 bits per heavy atom. The van der Waals surface area contributed by atoms with Gasteiger partial charge in [0.05, 0.1) is 5.71 Å². The summed E-state index contributed by atoms with van der Waals surface area (Å²) >= 11 is 0. The number of halogens is 3. The van der Waals surface area contributed by atoms with E-state index in [1.54, 1.807) is 12.3 Å². The molecule has 1 aromatic heterocycles. The third-order valence-electron chi connectivity index (χ3n) is 4.53. The van der Waals surface area contributed by atoms with E-state index < -0.39 is 0 Å². The minimum atomic E-state index is -0.207. The maximum atomic E-state index is 14.6. The molecule has 144 valence electrons. The average molecular weight is 415 g/mol. The molecule has 3 aromatic rings. The molecule has 0 radical (unpaired) electrons. The van der Waals surface area contributed by atoms with Crippen LogP contribution in [0.15, 0.2) is 83.6 Å². The van der Waals surface area contributed by atoms with Gasteiger partial charge in [0, 0.05) is 30.1 Å². The third kappa shape index (κ3) is 4.86. The van der Waals surface area contributed by atoms with Crippen molar-refractivity contribution in [2.24, 2.45) is 4.99 Å². The number of aromatic nitrogens is 1. The molecule has 0 saturated heterocycles. The SMILES string of the molecule is Cl.Cl.Fc1cc(/C=C2/CCCN=C2c2cccnc2)ccc1-c1ccccc1. The highest BCUT2D eigenvalue weighted by Crippen LogP contribution is 2.26. The van der Waals surface area contributed by atoms with Crippen molar-refractivity contribution in [2.45, 2.75) is 12.8 Å². The molecule has 4 rings (SSSR count). The largest absolute Gasteiger partial charge is 0.284 e. The van der Waals surface area contributed by atoms with Crippen molar-refractivity contribution in [3.05, 3.63) is 95.6 Å². The van der Waals surface area contributed by atoms with E-state index in [1.165, 1.54) is 0 Å². The van der Waals surface area contributed by atoms with E-state index in [4.69, 9.17) is 0 Å². The minimum Gasteiger partial charge on any atom is -0.284 e. The fourth-order valence-corrected chi connectivity index (χ4v) is 3.27. The van der Waals surface area contributed by atoms with Gasteiger partial charge in [0.25, 0.3) is 0 Å². The summed E-state index contributed by atoms with van der Waals surface area (Å²) in [4.78, 5) is 8.87. The van der Waals surface area contributed by atoms with E-state index in [-0.39, 0.29) is 30.6 Å². The molecule has 2 aromatic carbocycles. The van der Waals surface area contributed by atoms with Crippen molar-refractivity contribution in [2.75, 3.05) is 6.54 Å². The number of aliphatic imine (C=N–C) groups is 1. The van der Waals surface area contributed by atoms with Crippen LogP contribution in [0.3, 0.4) is 0 Å². The van der Waals surface area contributed by atoms with Crippen LogP contribution >= 0.6 is 24.8 Å². The van der Waals surface area contributed by atoms with Crippen LogP contribution in [0.5, 0.6) is 0 Å². The van der Waals surface area contributed by atoms with Crippen LogP contribution in [0.2, 0.25) is 0 Å². The molecule has 5 heteroatoms. The lowest BCUT2D eigenvalue weighted by Crippen LogP contribution is -2.11. The molecule has 1 aliphatic heterocycles. The first-order chi connectivity index (χ1) is 12.8. The quantitative estimate of drug-likeness (QED) is 0.486. The highest BCUT2D eigenvalue weighted by atomic mass is 35.5. The second-order valence-electron chi connectivity index (χ2n) is 6.35. The van der Waals surface area contributed by atoms with Gasteiger partial charge in [0.1, 0.15) is 5.82 Å². The Kier molecular flexibility index (Phi) is 7.91. The zero-order chi connectivity index (χ0) is 17.8. The summed E-state index contributed by atoms with van der Waals surface area (Å²) in [6.45, 7) is 0.822. The van der Waals surface area contributed by atoms with Crippen molar-refractivity contribution in [1.82, 2.24) is 4.98 Å². The molecule has 2 heterocycles. The van der Waals surface area contributed by atoms with Gasteiger partial charge in [-0.25, -0.2) is 4.39 Å². The number of nitrogens with zero attached hydrogens (tertiary/aromatic N) is 2. The van der Waals surface area contributed by atoms with E-state index in [1.807, 2.05) is 66.9 Å². The molecular weight excluding hydrogens is 394 g/mol. The van der Waals surface area contributed by atoms with Crippen LogP contribution in [0.1, 0.15) is 24.0 Å². The average Bonchev–Trinajstić information content (AvgIpc) is 2.70. The van der Waals surface area contributed by atoms with Crippen LogP contribution in [0.4, 0.5) is 4.39 Å². The van der Waals surface area contributed by atoms with E-state index in [0.717, 1.165) is 47.4 Å². The van der Waals surface area contributed by atoms with Crippen molar-refractivity contribution < 1.29 is 4.39 Å². The first-order valence-electron chi connectivity index (χ1n) is 8.82. The van der Waals surface area contributed by atoms with Gasteiger partial charge in [-0.1, -0.05) is 42.5 Å². The van der Waals surface area contributed by atoms with E-state index in [9.17, 15) is 4.39 Å². The molecule has 0 fully saturated rings. The smallest absolute Gasteiger partial charge is 0.131 e. The molecule has 0 saturated carbocycles. The Hall–Kier alpha value is -2.49. The number of hydrogen-bond donors (Lipinski definition) is 0. The van der Waals surface area contributed by atoms with Crippen LogP contribution < -0.4 is 0 Å². The van der Waals surface area contributed by atoms with Crippen LogP contribution in [0, 0.1) is 5.82 Å². The summed E-state index contributed by atoms with van der Waals surface area (Å²) in [5.74, 6) is -0.207. The highest BCUT2D eigenvalue weighted by Gasteiger charge is 2.14. The molecule has 0 N–H and O–H groups in total. The van der Waals surface area contributed by atoms with Gasteiger partial charge in [0.2, 0.25) is 0 Å². The van der Waals surface area contributed by atoms with E-state index in [2.05, 4.69) is 9.98 Å². The van der Waals surface area contributed by atoms with E-state index >= 15 is 0 Å². The maximum Gasteiger partial charge on any atom is 0.131 e. The lowest BCUT2D eigenvalue weighted by atomic mass is 9.94. The first kappa shape index (κ1) is 21.8. The van der Waals surface area contributed by atoms with Gasteiger partial charge in [-0.3, -0.25) is 9.98 Å². The fraction of sp³-hybridized carbons (Fsp3) is 0.130. The summed E-state index contributed by atoms with van der Waals surface area (Å²) in [6.07, 6.45) is 7.59. The monoisotopic (exact) mass is 414 g/mol. The third-order valence-corrected chi connectivity index (χ3v) is 4.53. The van der Waals surface area contributed by atoms with Crippen molar-refractivity contribution >= 4 is 36.6 Å². The summed E-state index contributed by atoms with van der Waals surface area (Å²) < 4.78 is 14.6. The number of rotatable bonds is 3. The second kappa shape index (κ2) is 10.2. The Labute approximate surface area is 177 Å².